The summed E-state index contributed by atoms with van der Waals surface area (Å²) in [4.78, 5) is 18.8. The number of hydrogen-bond donors (Lipinski definition) is 1. The zero-order valence-corrected chi connectivity index (χ0v) is 15.9. The summed E-state index contributed by atoms with van der Waals surface area (Å²) >= 11 is 7.17. The van der Waals surface area contributed by atoms with Crippen LogP contribution < -0.4 is 5.56 Å². The van der Waals surface area contributed by atoms with Crippen molar-refractivity contribution in [2.75, 3.05) is 0 Å². The molecule has 2 aliphatic rings. The largest absolute Gasteiger partial charge is 0.369 e. The lowest BCUT2D eigenvalue weighted by molar-refractivity contribution is -0.0543. The number of nitrogens with zero attached hydrogens (tertiary/aromatic N) is 1. The quantitative estimate of drug-likeness (QED) is 0.774. The molecule has 2 aromatic rings. The standard InChI is InChI=1S/C18H24N2O2S2/c1-3-18(2)9-12-13(10-22-18)24-15-14(12)16(21)20(17(23)19-15)11-7-5-4-6-8-11/h11H,3-10H2,1-2H3,(H,19,23)/t18-/m0/s1. The highest BCUT2D eigenvalue weighted by Crippen LogP contribution is 2.38. The van der Waals surface area contributed by atoms with Gasteiger partial charge in [-0.1, -0.05) is 26.2 Å². The summed E-state index contributed by atoms with van der Waals surface area (Å²) in [5, 5.41) is 0.858. The van der Waals surface area contributed by atoms with Gasteiger partial charge in [0.2, 0.25) is 0 Å². The number of H-pyrrole nitrogens is 1. The summed E-state index contributed by atoms with van der Waals surface area (Å²) in [6, 6.07) is 0.257. The number of aromatic amines is 1. The number of fused-ring (bicyclic) bond motifs is 3. The van der Waals surface area contributed by atoms with Gasteiger partial charge in [-0.3, -0.25) is 9.36 Å². The molecule has 1 atom stereocenters. The predicted octanol–water partition coefficient (Wildman–Crippen LogP) is 4.87. The van der Waals surface area contributed by atoms with Crippen LogP contribution in [0.1, 0.15) is 68.9 Å². The van der Waals surface area contributed by atoms with Crippen molar-refractivity contribution < 1.29 is 4.74 Å². The monoisotopic (exact) mass is 364 g/mol. The van der Waals surface area contributed by atoms with E-state index >= 15 is 0 Å². The first-order valence-corrected chi connectivity index (χ1v) is 10.2. The smallest absolute Gasteiger partial charge is 0.263 e. The Bertz CT molecular complexity index is 889. The normalized spacial score (nSPS) is 25.1. The Morgan fingerprint density at radius 2 is 2.12 bits per heavy atom. The number of aromatic nitrogens is 2. The Morgan fingerprint density at radius 3 is 2.83 bits per heavy atom. The van der Waals surface area contributed by atoms with E-state index in [2.05, 4.69) is 18.8 Å². The van der Waals surface area contributed by atoms with Crippen LogP contribution >= 0.6 is 23.6 Å². The van der Waals surface area contributed by atoms with Gasteiger partial charge >= 0.3 is 0 Å². The van der Waals surface area contributed by atoms with E-state index in [9.17, 15) is 4.79 Å². The minimum atomic E-state index is -0.171. The first kappa shape index (κ1) is 16.5. The van der Waals surface area contributed by atoms with Gasteiger partial charge < -0.3 is 9.72 Å². The van der Waals surface area contributed by atoms with E-state index in [1.807, 2.05) is 4.57 Å². The van der Waals surface area contributed by atoms with Crippen molar-refractivity contribution in [3.63, 3.8) is 0 Å². The lowest BCUT2D eigenvalue weighted by atomic mass is 9.90. The van der Waals surface area contributed by atoms with Crippen molar-refractivity contribution in [2.24, 2.45) is 0 Å². The molecule has 4 nitrogen and oxygen atoms in total. The molecular formula is C18H24N2O2S2. The van der Waals surface area contributed by atoms with Crippen LogP contribution in [0.3, 0.4) is 0 Å². The molecule has 0 amide bonds. The fourth-order valence-electron chi connectivity index (χ4n) is 4.06. The van der Waals surface area contributed by atoms with E-state index < -0.39 is 0 Å². The van der Waals surface area contributed by atoms with Gasteiger partial charge in [-0.15, -0.1) is 11.3 Å². The highest BCUT2D eigenvalue weighted by molar-refractivity contribution is 7.71. The van der Waals surface area contributed by atoms with Gasteiger partial charge in [0, 0.05) is 17.3 Å². The second kappa shape index (κ2) is 6.07. The number of nitrogens with one attached hydrogen (secondary N) is 1. The van der Waals surface area contributed by atoms with Gasteiger partial charge in [0.15, 0.2) is 4.77 Å². The molecule has 1 fully saturated rings. The molecule has 0 spiro atoms. The molecule has 0 unspecified atom stereocenters. The van der Waals surface area contributed by atoms with Crippen molar-refractivity contribution in [3.05, 3.63) is 25.6 Å². The summed E-state index contributed by atoms with van der Waals surface area (Å²) < 4.78 is 8.49. The molecule has 0 saturated heterocycles. The maximum Gasteiger partial charge on any atom is 0.263 e. The van der Waals surface area contributed by atoms with E-state index in [0.717, 1.165) is 35.9 Å². The molecule has 1 saturated carbocycles. The van der Waals surface area contributed by atoms with Crippen LogP contribution in [-0.2, 0) is 17.8 Å². The highest BCUT2D eigenvalue weighted by atomic mass is 32.1. The molecule has 24 heavy (non-hydrogen) atoms. The average Bonchev–Trinajstić information content (AvgIpc) is 2.93. The Morgan fingerprint density at radius 1 is 1.38 bits per heavy atom. The third-order valence-corrected chi connectivity index (χ3v) is 7.17. The second-order valence-electron chi connectivity index (χ2n) is 7.37. The molecule has 0 bridgehead atoms. The van der Waals surface area contributed by atoms with Gasteiger partial charge in [-0.2, -0.15) is 0 Å². The first-order chi connectivity index (χ1) is 11.5. The lowest BCUT2D eigenvalue weighted by Gasteiger charge is -2.33. The summed E-state index contributed by atoms with van der Waals surface area (Å²) in [5.41, 5.74) is 1.13. The third-order valence-electron chi connectivity index (χ3n) is 5.75. The van der Waals surface area contributed by atoms with E-state index in [1.54, 1.807) is 11.3 Å². The molecule has 1 aliphatic heterocycles. The molecule has 4 rings (SSSR count). The lowest BCUT2D eigenvalue weighted by Crippen LogP contribution is -2.35. The minimum Gasteiger partial charge on any atom is -0.369 e. The molecule has 2 aromatic heterocycles. The van der Waals surface area contributed by atoms with Gasteiger partial charge in [0.25, 0.3) is 5.56 Å². The van der Waals surface area contributed by atoms with Gasteiger partial charge in [-0.05, 0) is 44.0 Å². The molecule has 3 heterocycles. The summed E-state index contributed by atoms with van der Waals surface area (Å²) in [6.45, 7) is 4.89. The topological polar surface area (TPSA) is 47.0 Å². The van der Waals surface area contributed by atoms with E-state index in [0.29, 0.717) is 11.4 Å². The maximum atomic E-state index is 13.3. The van der Waals surface area contributed by atoms with Crippen LogP contribution in [-0.4, -0.2) is 15.2 Å². The molecule has 0 aromatic carbocycles. The zero-order chi connectivity index (χ0) is 16.9. The van der Waals surface area contributed by atoms with E-state index in [-0.39, 0.29) is 17.2 Å². The molecular weight excluding hydrogens is 340 g/mol. The summed E-state index contributed by atoms with van der Waals surface area (Å²) in [7, 11) is 0. The Hall–Kier alpha value is -0.980. The van der Waals surface area contributed by atoms with Crippen LogP contribution in [0, 0.1) is 4.77 Å². The minimum absolute atomic E-state index is 0.110. The molecule has 130 valence electrons. The number of thiophene rings is 1. The average molecular weight is 365 g/mol. The molecule has 1 N–H and O–H groups in total. The van der Waals surface area contributed by atoms with E-state index in [4.69, 9.17) is 17.0 Å². The fraction of sp³-hybridized carbons (Fsp3) is 0.667. The first-order valence-electron chi connectivity index (χ1n) is 8.95. The summed E-state index contributed by atoms with van der Waals surface area (Å²) in [5.74, 6) is 0. The van der Waals surface area contributed by atoms with E-state index in [1.165, 1.54) is 29.7 Å². The molecule has 0 radical (unpaired) electrons. The van der Waals surface area contributed by atoms with Crippen LogP contribution in [0.25, 0.3) is 10.2 Å². The van der Waals surface area contributed by atoms with Crippen LogP contribution in [0.5, 0.6) is 0 Å². The predicted molar refractivity (Wildman–Crippen MR) is 101 cm³/mol. The third kappa shape index (κ3) is 2.59. The van der Waals surface area contributed by atoms with Gasteiger partial charge in [0.05, 0.1) is 17.6 Å². The Kier molecular flexibility index (Phi) is 4.17. The van der Waals surface area contributed by atoms with Crippen LogP contribution in [0.2, 0.25) is 0 Å². The number of rotatable bonds is 2. The van der Waals surface area contributed by atoms with Crippen molar-refractivity contribution in [3.8, 4) is 0 Å². The van der Waals surface area contributed by atoms with Crippen LogP contribution in [0.4, 0.5) is 0 Å². The van der Waals surface area contributed by atoms with Crippen molar-refractivity contribution in [1.82, 2.24) is 9.55 Å². The Labute approximate surface area is 150 Å². The van der Waals surface area contributed by atoms with Crippen molar-refractivity contribution in [1.29, 1.82) is 0 Å². The second-order valence-corrected chi connectivity index (χ2v) is 8.87. The van der Waals surface area contributed by atoms with Crippen molar-refractivity contribution in [2.45, 2.75) is 77.0 Å². The molecule has 6 heteroatoms. The molecule has 1 aliphatic carbocycles. The zero-order valence-electron chi connectivity index (χ0n) is 14.3. The fourth-order valence-corrected chi connectivity index (χ4v) is 5.58. The number of ether oxygens (including phenoxy) is 1. The van der Waals surface area contributed by atoms with Gasteiger partial charge in [0.1, 0.15) is 4.83 Å². The number of hydrogen-bond acceptors (Lipinski definition) is 4. The Balaban J connectivity index is 1.90. The van der Waals surface area contributed by atoms with Gasteiger partial charge in [-0.25, -0.2) is 0 Å². The SMILES string of the molecule is CC[C@@]1(C)Cc2c(sc3[nH]c(=S)n(C4CCCCC4)c(=O)c23)CO1. The highest BCUT2D eigenvalue weighted by Gasteiger charge is 2.33. The maximum absolute atomic E-state index is 13.3. The van der Waals surface area contributed by atoms with Crippen molar-refractivity contribution >= 4 is 33.8 Å². The summed E-state index contributed by atoms with van der Waals surface area (Å²) in [6.07, 6.45) is 7.52. The van der Waals surface area contributed by atoms with Crippen LogP contribution in [0.15, 0.2) is 4.79 Å².